The van der Waals surface area contributed by atoms with Crippen molar-refractivity contribution in [2.75, 3.05) is 0 Å². The molecule has 0 aromatic heterocycles. The van der Waals surface area contributed by atoms with E-state index in [4.69, 9.17) is 5.73 Å². The van der Waals surface area contributed by atoms with Crippen LogP contribution in [0, 0.1) is 0 Å². The van der Waals surface area contributed by atoms with E-state index in [1.54, 1.807) is 13.0 Å². The summed E-state index contributed by atoms with van der Waals surface area (Å²) in [5.41, 5.74) is 7.87. The van der Waals surface area contributed by atoms with Crippen LogP contribution >= 0.6 is 0 Å². The van der Waals surface area contributed by atoms with Crippen LogP contribution in [0.2, 0.25) is 0 Å². The van der Waals surface area contributed by atoms with Gasteiger partial charge >= 0.3 is 0 Å². The molecule has 2 N–H and O–H groups in total. The van der Waals surface area contributed by atoms with E-state index in [9.17, 15) is 8.42 Å². The lowest BCUT2D eigenvalue weighted by Gasteiger charge is -2.10. The van der Waals surface area contributed by atoms with Crippen molar-refractivity contribution in [1.29, 1.82) is 0 Å². The Morgan fingerprint density at radius 3 is 2.50 bits per heavy atom. The molecule has 1 aromatic rings. The van der Waals surface area contributed by atoms with Gasteiger partial charge in [0.1, 0.15) is 0 Å². The zero-order valence-corrected chi connectivity index (χ0v) is 10.6. The molecule has 16 heavy (non-hydrogen) atoms. The molecule has 0 saturated carbocycles. The topological polar surface area (TPSA) is 60.2 Å². The van der Waals surface area contributed by atoms with Gasteiger partial charge in [-0.15, -0.1) is 0 Å². The van der Waals surface area contributed by atoms with Gasteiger partial charge in [-0.05, 0) is 30.0 Å². The summed E-state index contributed by atoms with van der Waals surface area (Å²) in [5.74, 6) is 0.385. The van der Waals surface area contributed by atoms with E-state index >= 15 is 0 Å². The monoisotopic (exact) mass is 239 g/mol. The zero-order chi connectivity index (χ0) is 12.1. The predicted molar refractivity (Wildman–Crippen MR) is 64.1 cm³/mol. The average molecular weight is 239 g/mol. The molecule has 2 unspecified atom stereocenters. The number of nitrogens with two attached hydrogens (primary N) is 1. The highest BCUT2D eigenvalue weighted by atomic mass is 32.2. The van der Waals surface area contributed by atoms with E-state index in [1.165, 1.54) is 0 Å². The maximum atomic E-state index is 12.0. The largest absolute Gasteiger partial charge is 0.323 e. The summed E-state index contributed by atoms with van der Waals surface area (Å²) < 4.78 is 24.0. The number of fused-ring (bicyclic) bond motifs is 1. The fourth-order valence-electron chi connectivity index (χ4n) is 2.09. The normalized spacial score (nSPS) is 27.1. The third kappa shape index (κ3) is 1.48. The summed E-state index contributed by atoms with van der Waals surface area (Å²) in [4.78, 5) is 0.414. The van der Waals surface area contributed by atoms with E-state index in [0.29, 0.717) is 10.8 Å². The number of hydrogen-bond donors (Lipinski definition) is 1. The van der Waals surface area contributed by atoms with Crippen molar-refractivity contribution in [3.8, 4) is 0 Å². The first-order chi connectivity index (χ1) is 7.35. The molecule has 0 fully saturated rings. The lowest BCUT2D eigenvalue weighted by Crippen LogP contribution is -2.23. The van der Waals surface area contributed by atoms with Gasteiger partial charge in [0.05, 0.1) is 10.1 Å². The van der Waals surface area contributed by atoms with Gasteiger partial charge in [0.25, 0.3) is 0 Å². The number of sulfone groups is 1. The quantitative estimate of drug-likeness (QED) is 0.815. The first-order valence-corrected chi connectivity index (χ1v) is 7.03. The minimum absolute atomic E-state index is 0.385. The molecule has 0 bridgehead atoms. The zero-order valence-electron chi connectivity index (χ0n) is 9.77. The van der Waals surface area contributed by atoms with Crippen LogP contribution in [-0.2, 0) is 9.84 Å². The van der Waals surface area contributed by atoms with Gasteiger partial charge < -0.3 is 5.73 Å². The maximum Gasteiger partial charge on any atom is 0.183 e. The maximum absolute atomic E-state index is 12.0. The molecule has 88 valence electrons. The summed E-state index contributed by atoms with van der Waals surface area (Å²) in [6, 6.07) is 5.12. The minimum atomic E-state index is -3.20. The van der Waals surface area contributed by atoms with E-state index < -0.39 is 21.1 Å². The molecule has 2 atom stereocenters. The summed E-state index contributed by atoms with van der Waals surface area (Å²) in [6.07, 6.45) is 0. The molecule has 1 aliphatic rings. The fourth-order valence-corrected chi connectivity index (χ4v) is 3.81. The van der Waals surface area contributed by atoms with Crippen LogP contribution in [0.3, 0.4) is 0 Å². The van der Waals surface area contributed by atoms with E-state index in [2.05, 4.69) is 13.8 Å². The Labute approximate surface area is 96.6 Å². The van der Waals surface area contributed by atoms with Crippen LogP contribution in [0.1, 0.15) is 43.9 Å². The van der Waals surface area contributed by atoms with Crippen LogP contribution in [0.4, 0.5) is 0 Å². The van der Waals surface area contributed by atoms with Gasteiger partial charge in [0.2, 0.25) is 0 Å². The van der Waals surface area contributed by atoms with Gasteiger partial charge in [-0.1, -0.05) is 26.0 Å². The van der Waals surface area contributed by atoms with Crippen LogP contribution < -0.4 is 5.73 Å². The second-order valence-electron chi connectivity index (χ2n) is 4.73. The Bertz CT molecular complexity index is 520. The Hall–Kier alpha value is -0.870. The summed E-state index contributed by atoms with van der Waals surface area (Å²) >= 11 is 0. The van der Waals surface area contributed by atoms with Crippen molar-refractivity contribution in [2.24, 2.45) is 5.73 Å². The highest BCUT2D eigenvalue weighted by molar-refractivity contribution is 7.92. The molecule has 1 heterocycles. The van der Waals surface area contributed by atoms with Crippen LogP contribution in [0.25, 0.3) is 0 Å². The van der Waals surface area contributed by atoms with Gasteiger partial charge in [-0.25, -0.2) is 8.42 Å². The molecule has 0 radical (unpaired) electrons. The van der Waals surface area contributed by atoms with Gasteiger partial charge in [0, 0.05) is 6.04 Å². The highest BCUT2D eigenvalue weighted by Crippen LogP contribution is 2.38. The van der Waals surface area contributed by atoms with Crippen LogP contribution in [0.15, 0.2) is 23.1 Å². The van der Waals surface area contributed by atoms with Crippen molar-refractivity contribution < 1.29 is 8.42 Å². The molecular formula is C12H17NO2S. The van der Waals surface area contributed by atoms with Gasteiger partial charge in [0.15, 0.2) is 9.84 Å². The third-order valence-electron chi connectivity index (χ3n) is 3.36. The molecular weight excluding hydrogens is 222 g/mol. The van der Waals surface area contributed by atoms with Crippen molar-refractivity contribution in [1.82, 2.24) is 0 Å². The first kappa shape index (κ1) is 11.6. The minimum Gasteiger partial charge on any atom is -0.323 e. The number of rotatable bonds is 1. The molecule has 0 spiro atoms. The third-order valence-corrected chi connectivity index (χ3v) is 5.62. The molecule has 3 nitrogen and oxygen atoms in total. The van der Waals surface area contributed by atoms with E-state index in [1.807, 2.05) is 12.1 Å². The molecule has 0 aliphatic carbocycles. The van der Waals surface area contributed by atoms with Crippen molar-refractivity contribution in [2.45, 2.75) is 42.9 Å². The van der Waals surface area contributed by atoms with Gasteiger partial charge in [-0.3, -0.25) is 0 Å². The second-order valence-corrected chi connectivity index (χ2v) is 7.00. The fraction of sp³-hybridized carbons (Fsp3) is 0.500. The lowest BCUT2D eigenvalue weighted by atomic mass is 9.97. The average Bonchev–Trinajstić information content (AvgIpc) is 2.40. The Morgan fingerprint density at radius 1 is 1.31 bits per heavy atom. The van der Waals surface area contributed by atoms with E-state index in [0.717, 1.165) is 11.1 Å². The molecule has 2 rings (SSSR count). The van der Waals surface area contributed by atoms with Crippen molar-refractivity contribution in [3.63, 3.8) is 0 Å². The summed E-state index contributed by atoms with van der Waals surface area (Å²) in [5, 5.41) is -0.509. The predicted octanol–water partition coefficient (Wildman–Crippen LogP) is 1.99. The van der Waals surface area contributed by atoms with Crippen molar-refractivity contribution >= 4 is 9.84 Å². The van der Waals surface area contributed by atoms with E-state index in [-0.39, 0.29) is 0 Å². The molecule has 4 heteroatoms. The Kier molecular flexibility index (Phi) is 2.59. The molecule has 0 amide bonds. The number of hydrogen-bond acceptors (Lipinski definition) is 3. The molecule has 1 aliphatic heterocycles. The Balaban J connectivity index is 2.64. The lowest BCUT2D eigenvalue weighted by molar-refractivity contribution is 0.581. The molecule has 0 saturated heterocycles. The Morgan fingerprint density at radius 2 is 1.94 bits per heavy atom. The number of benzene rings is 1. The first-order valence-electron chi connectivity index (χ1n) is 5.49. The van der Waals surface area contributed by atoms with Crippen molar-refractivity contribution in [3.05, 3.63) is 29.3 Å². The summed E-state index contributed by atoms with van der Waals surface area (Å²) in [6.45, 7) is 5.84. The standard InChI is InChI=1S/C12H17NO2S/c1-7(2)9-4-5-11-10(6-9)12(13)8(3)16(11,14)15/h4-8,12H,13H2,1-3H3. The second kappa shape index (κ2) is 3.57. The summed E-state index contributed by atoms with van der Waals surface area (Å²) in [7, 11) is -3.20. The van der Waals surface area contributed by atoms with Crippen LogP contribution in [-0.4, -0.2) is 13.7 Å². The smallest absolute Gasteiger partial charge is 0.183 e. The highest BCUT2D eigenvalue weighted by Gasteiger charge is 2.40. The SMILES string of the molecule is CC(C)c1ccc2c(c1)C(N)C(C)S2(=O)=O. The molecule has 1 aromatic carbocycles. The van der Waals surface area contributed by atoms with Crippen LogP contribution in [0.5, 0.6) is 0 Å². The van der Waals surface area contributed by atoms with Gasteiger partial charge in [-0.2, -0.15) is 0 Å².